The Bertz CT molecular complexity index is 444. The van der Waals surface area contributed by atoms with Gasteiger partial charge >= 0.3 is 0 Å². The lowest BCUT2D eigenvalue weighted by molar-refractivity contribution is 0.305. The van der Waals surface area contributed by atoms with Crippen LogP contribution in [0.3, 0.4) is 0 Å². The molecule has 1 aromatic heterocycles. The summed E-state index contributed by atoms with van der Waals surface area (Å²) in [5.41, 5.74) is 5.55. The number of nitrogen functional groups attached to an aromatic ring is 1. The Kier molecular flexibility index (Phi) is 3.46. The Morgan fingerprint density at radius 3 is 2.67 bits per heavy atom. The predicted octanol–water partition coefficient (Wildman–Crippen LogP) is 0.251. The smallest absolute Gasteiger partial charge is 0.241 e. The zero-order valence-electron chi connectivity index (χ0n) is 8.60. The number of hydrogen-bond donors (Lipinski definition) is 1. The van der Waals surface area contributed by atoms with E-state index >= 15 is 0 Å². The average Bonchev–Trinajstić information content (AvgIpc) is 2.14. The third-order valence-corrected chi connectivity index (χ3v) is 2.63. The van der Waals surface area contributed by atoms with Crippen molar-refractivity contribution in [3.05, 3.63) is 6.33 Å². The second-order valence-corrected chi connectivity index (χ2v) is 4.95. The van der Waals surface area contributed by atoms with Gasteiger partial charge in [0.1, 0.15) is 12.0 Å². The number of nitrogens with two attached hydrogens (primary N) is 1. The molecule has 15 heavy (non-hydrogen) atoms. The Labute approximate surface area is 88.4 Å². The van der Waals surface area contributed by atoms with Crippen molar-refractivity contribution in [2.75, 3.05) is 18.6 Å². The molecule has 0 fully saturated rings. The van der Waals surface area contributed by atoms with Gasteiger partial charge in [-0.2, -0.15) is 4.98 Å². The molecule has 0 unspecified atom stereocenters. The number of hydrogen-bond acceptors (Lipinski definition) is 6. The van der Waals surface area contributed by atoms with E-state index in [0.29, 0.717) is 6.61 Å². The number of nitrogens with zero attached hydrogens (tertiary/aromatic N) is 2. The van der Waals surface area contributed by atoms with Crippen LogP contribution in [0.5, 0.6) is 5.88 Å². The molecule has 0 bridgehead atoms. The van der Waals surface area contributed by atoms with Crippen LogP contribution >= 0.6 is 0 Å². The van der Waals surface area contributed by atoms with E-state index in [1.165, 1.54) is 0 Å². The van der Waals surface area contributed by atoms with Crippen molar-refractivity contribution in [3.63, 3.8) is 0 Å². The molecule has 0 aliphatic rings. The quantitative estimate of drug-likeness (QED) is 0.746. The summed E-state index contributed by atoms with van der Waals surface area (Å²) in [4.78, 5) is 7.38. The summed E-state index contributed by atoms with van der Waals surface area (Å²) in [5.74, 6) is 0.118. The molecule has 0 aliphatic heterocycles. The van der Waals surface area contributed by atoms with Crippen LogP contribution in [0.4, 0.5) is 5.69 Å². The molecule has 1 aromatic rings. The molecular formula is C8H13N3O3S. The standard InChI is InChI=1S/C8H13N3O3S/c1-3-4-14-7-6(9)8(11-5-10-7)15(2,12)13/h5H,3-4,9H2,1-2H3. The van der Waals surface area contributed by atoms with Crippen LogP contribution in [-0.2, 0) is 9.84 Å². The van der Waals surface area contributed by atoms with Crippen molar-refractivity contribution in [2.45, 2.75) is 18.4 Å². The van der Waals surface area contributed by atoms with Crippen LogP contribution < -0.4 is 10.5 Å². The first-order valence-corrected chi connectivity index (χ1v) is 6.29. The third-order valence-electron chi connectivity index (χ3n) is 1.60. The molecule has 6 nitrogen and oxygen atoms in total. The summed E-state index contributed by atoms with van der Waals surface area (Å²) >= 11 is 0. The first-order chi connectivity index (χ1) is 6.96. The van der Waals surface area contributed by atoms with E-state index in [0.717, 1.165) is 19.0 Å². The lowest BCUT2D eigenvalue weighted by Crippen LogP contribution is -2.09. The van der Waals surface area contributed by atoms with Gasteiger partial charge in [-0.1, -0.05) is 6.92 Å². The Morgan fingerprint density at radius 2 is 2.13 bits per heavy atom. The van der Waals surface area contributed by atoms with E-state index < -0.39 is 9.84 Å². The van der Waals surface area contributed by atoms with Crippen molar-refractivity contribution >= 4 is 15.5 Å². The lowest BCUT2D eigenvalue weighted by atomic mass is 10.5. The molecule has 0 saturated heterocycles. The highest BCUT2D eigenvalue weighted by Gasteiger charge is 2.17. The summed E-state index contributed by atoms with van der Waals surface area (Å²) in [7, 11) is -3.44. The van der Waals surface area contributed by atoms with Gasteiger partial charge in [0.15, 0.2) is 14.9 Å². The second kappa shape index (κ2) is 4.43. The summed E-state index contributed by atoms with van der Waals surface area (Å²) in [5, 5.41) is -0.191. The van der Waals surface area contributed by atoms with Crippen LogP contribution in [-0.4, -0.2) is 31.2 Å². The molecule has 0 spiro atoms. The molecule has 2 N–H and O–H groups in total. The SMILES string of the molecule is CCCOc1ncnc(S(C)(=O)=O)c1N. The summed E-state index contributed by atoms with van der Waals surface area (Å²) < 4.78 is 27.7. The Hall–Kier alpha value is -1.37. The minimum Gasteiger partial charge on any atom is -0.476 e. The van der Waals surface area contributed by atoms with Gasteiger partial charge in [0, 0.05) is 6.26 Å². The topological polar surface area (TPSA) is 95.2 Å². The number of aromatic nitrogens is 2. The number of anilines is 1. The zero-order chi connectivity index (χ0) is 11.5. The van der Waals surface area contributed by atoms with Gasteiger partial charge in [0.2, 0.25) is 5.88 Å². The highest BCUT2D eigenvalue weighted by molar-refractivity contribution is 7.90. The minimum absolute atomic E-state index is 0.0338. The highest BCUT2D eigenvalue weighted by atomic mass is 32.2. The summed E-state index contributed by atoms with van der Waals surface area (Å²) in [6, 6.07) is 0. The summed E-state index contributed by atoms with van der Waals surface area (Å²) in [6.45, 7) is 2.36. The van der Waals surface area contributed by atoms with Crippen LogP contribution in [0.1, 0.15) is 13.3 Å². The Balaban J connectivity index is 3.12. The van der Waals surface area contributed by atoms with Gasteiger partial charge in [-0.25, -0.2) is 13.4 Å². The molecule has 0 atom stereocenters. The first-order valence-electron chi connectivity index (χ1n) is 4.40. The van der Waals surface area contributed by atoms with Crippen molar-refractivity contribution in [2.24, 2.45) is 0 Å². The zero-order valence-corrected chi connectivity index (χ0v) is 9.41. The average molecular weight is 231 g/mol. The fraction of sp³-hybridized carbons (Fsp3) is 0.500. The molecule has 84 valence electrons. The Morgan fingerprint density at radius 1 is 1.47 bits per heavy atom. The van der Waals surface area contributed by atoms with Gasteiger partial charge in [0.25, 0.3) is 0 Å². The van der Waals surface area contributed by atoms with E-state index in [9.17, 15) is 8.42 Å². The molecule has 0 aromatic carbocycles. The van der Waals surface area contributed by atoms with Gasteiger partial charge in [-0.3, -0.25) is 0 Å². The second-order valence-electron chi connectivity index (χ2n) is 3.02. The lowest BCUT2D eigenvalue weighted by Gasteiger charge is -2.08. The number of rotatable bonds is 4. The largest absolute Gasteiger partial charge is 0.476 e. The molecule has 0 aliphatic carbocycles. The van der Waals surface area contributed by atoms with Gasteiger partial charge in [-0.15, -0.1) is 0 Å². The van der Waals surface area contributed by atoms with Crippen molar-refractivity contribution in [1.29, 1.82) is 0 Å². The first kappa shape index (κ1) is 11.7. The van der Waals surface area contributed by atoms with Gasteiger partial charge in [-0.05, 0) is 6.42 Å². The minimum atomic E-state index is -3.44. The molecule has 0 amide bonds. The van der Waals surface area contributed by atoms with Crippen LogP contribution in [0, 0.1) is 0 Å². The highest BCUT2D eigenvalue weighted by Crippen LogP contribution is 2.23. The number of sulfone groups is 1. The monoisotopic (exact) mass is 231 g/mol. The maximum Gasteiger partial charge on any atom is 0.241 e. The van der Waals surface area contributed by atoms with Crippen molar-refractivity contribution in [3.8, 4) is 5.88 Å². The molecule has 7 heteroatoms. The molecule has 0 radical (unpaired) electrons. The normalized spacial score (nSPS) is 11.3. The van der Waals surface area contributed by atoms with Crippen LogP contribution in [0.15, 0.2) is 11.4 Å². The maximum atomic E-state index is 11.3. The van der Waals surface area contributed by atoms with Gasteiger partial charge in [0.05, 0.1) is 6.61 Å². The van der Waals surface area contributed by atoms with Crippen molar-refractivity contribution < 1.29 is 13.2 Å². The van der Waals surface area contributed by atoms with E-state index in [1.54, 1.807) is 0 Å². The summed E-state index contributed by atoms with van der Waals surface area (Å²) in [6.07, 6.45) is 2.95. The van der Waals surface area contributed by atoms with Crippen LogP contribution in [0.25, 0.3) is 0 Å². The predicted molar refractivity (Wildman–Crippen MR) is 55.3 cm³/mol. The van der Waals surface area contributed by atoms with E-state index in [-0.39, 0.29) is 16.6 Å². The number of ether oxygens (including phenoxy) is 1. The third kappa shape index (κ3) is 2.79. The maximum absolute atomic E-state index is 11.3. The van der Waals surface area contributed by atoms with E-state index in [4.69, 9.17) is 10.5 Å². The molecular weight excluding hydrogens is 218 g/mol. The van der Waals surface area contributed by atoms with Crippen LogP contribution in [0.2, 0.25) is 0 Å². The molecule has 1 rings (SSSR count). The molecule has 0 saturated carbocycles. The van der Waals surface area contributed by atoms with E-state index in [2.05, 4.69) is 9.97 Å². The fourth-order valence-electron chi connectivity index (χ4n) is 0.974. The van der Waals surface area contributed by atoms with Crippen molar-refractivity contribution in [1.82, 2.24) is 9.97 Å². The molecule has 1 heterocycles. The fourth-order valence-corrected chi connectivity index (χ4v) is 1.70. The van der Waals surface area contributed by atoms with Gasteiger partial charge < -0.3 is 10.5 Å². The van der Waals surface area contributed by atoms with E-state index in [1.807, 2.05) is 6.92 Å².